The summed E-state index contributed by atoms with van der Waals surface area (Å²) in [5, 5.41) is 3.21. The summed E-state index contributed by atoms with van der Waals surface area (Å²) < 4.78 is 53.8. The second-order valence-corrected chi connectivity index (χ2v) is 6.18. The van der Waals surface area contributed by atoms with Crippen molar-refractivity contribution in [3.63, 3.8) is 0 Å². The van der Waals surface area contributed by atoms with E-state index in [0.717, 1.165) is 32.0 Å². The number of piperazine rings is 1. The van der Waals surface area contributed by atoms with Crippen LogP contribution in [-0.4, -0.2) is 31.1 Å². The van der Waals surface area contributed by atoms with Crippen molar-refractivity contribution in [3.8, 4) is 0 Å². The van der Waals surface area contributed by atoms with Crippen molar-refractivity contribution in [3.05, 3.63) is 35.1 Å². The number of benzene rings is 1. The van der Waals surface area contributed by atoms with Crippen molar-refractivity contribution in [2.75, 3.05) is 26.2 Å². The molecule has 2 nitrogen and oxygen atoms in total. The molecule has 1 aromatic rings. The Bertz CT molecular complexity index is 519. The van der Waals surface area contributed by atoms with Gasteiger partial charge in [-0.3, -0.25) is 4.90 Å². The van der Waals surface area contributed by atoms with Gasteiger partial charge in [-0.1, -0.05) is 25.0 Å². The Balaban J connectivity index is 1.97. The van der Waals surface area contributed by atoms with Crippen LogP contribution in [0, 0.1) is 11.7 Å². The van der Waals surface area contributed by atoms with Crippen molar-refractivity contribution in [2.24, 2.45) is 5.92 Å². The molecule has 1 saturated carbocycles. The second-order valence-electron chi connectivity index (χ2n) is 6.18. The molecule has 1 atom stereocenters. The molecule has 1 aliphatic carbocycles. The number of nitrogens with zero attached hydrogens (tertiary/aromatic N) is 1. The molecule has 0 spiro atoms. The van der Waals surface area contributed by atoms with Crippen molar-refractivity contribution < 1.29 is 17.6 Å². The van der Waals surface area contributed by atoms with Crippen LogP contribution in [0.15, 0.2) is 18.2 Å². The Morgan fingerprint density at radius 2 is 1.86 bits per heavy atom. The molecular weight excluding hydrogens is 296 g/mol. The topological polar surface area (TPSA) is 15.3 Å². The zero-order chi connectivity index (χ0) is 15.7. The van der Waals surface area contributed by atoms with E-state index >= 15 is 0 Å². The average molecular weight is 316 g/mol. The van der Waals surface area contributed by atoms with Crippen LogP contribution in [0.3, 0.4) is 0 Å². The molecule has 0 aromatic heterocycles. The van der Waals surface area contributed by atoms with Crippen molar-refractivity contribution in [1.29, 1.82) is 0 Å². The first-order valence-electron chi connectivity index (χ1n) is 7.77. The van der Waals surface area contributed by atoms with E-state index in [1.54, 1.807) is 0 Å². The van der Waals surface area contributed by atoms with Crippen LogP contribution < -0.4 is 5.32 Å². The first-order chi connectivity index (χ1) is 10.5. The van der Waals surface area contributed by atoms with Gasteiger partial charge in [0.25, 0.3) is 0 Å². The summed E-state index contributed by atoms with van der Waals surface area (Å²) in [5.41, 5.74) is -0.986. The van der Waals surface area contributed by atoms with Gasteiger partial charge in [0, 0.05) is 32.2 Å². The highest BCUT2D eigenvalue weighted by Crippen LogP contribution is 2.44. The molecular formula is C16H20F4N2. The maximum Gasteiger partial charge on any atom is 0.419 e. The van der Waals surface area contributed by atoms with Gasteiger partial charge >= 0.3 is 6.18 Å². The van der Waals surface area contributed by atoms with Gasteiger partial charge in [-0.25, -0.2) is 4.39 Å². The van der Waals surface area contributed by atoms with E-state index in [2.05, 4.69) is 10.2 Å². The number of hydrogen-bond donors (Lipinski definition) is 1. The Kier molecular flexibility index (Phi) is 4.41. The molecule has 2 aliphatic rings. The van der Waals surface area contributed by atoms with E-state index in [0.29, 0.717) is 25.4 Å². The maximum atomic E-state index is 13.9. The maximum absolute atomic E-state index is 13.9. The Morgan fingerprint density at radius 1 is 1.18 bits per heavy atom. The van der Waals surface area contributed by atoms with Gasteiger partial charge in [0.1, 0.15) is 5.82 Å². The quantitative estimate of drug-likeness (QED) is 0.854. The van der Waals surface area contributed by atoms with E-state index < -0.39 is 17.6 Å². The molecule has 3 rings (SSSR count). The molecule has 0 radical (unpaired) electrons. The van der Waals surface area contributed by atoms with Gasteiger partial charge in [0.15, 0.2) is 0 Å². The molecule has 1 aromatic carbocycles. The molecule has 0 unspecified atom stereocenters. The number of hydrogen-bond acceptors (Lipinski definition) is 2. The molecule has 1 saturated heterocycles. The predicted octanol–water partition coefficient (Wildman–Crippen LogP) is 3.59. The first-order valence-corrected chi connectivity index (χ1v) is 7.77. The zero-order valence-corrected chi connectivity index (χ0v) is 12.3. The summed E-state index contributed by atoms with van der Waals surface area (Å²) >= 11 is 0. The number of rotatable bonds is 4. The van der Waals surface area contributed by atoms with Crippen LogP contribution in [-0.2, 0) is 6.18 Å². The Hall–Kier alpha value is -1.14. The Morgan fingerprint density at radius 3 is 2.45 bits per heavy atom. The summed E-state index contributed by atoms with van der Waals surface area (Å²) in [6.45, 7) is 2.92. The molecule has 1 aliphatic heterocycles. The number of nitrogens with one attached hydrogen (secondary N) is 1. The Labute approximate surface area is 127 Å². The number of halogens is 4. The van der Waals surface area contributed by atoms with Crippen molar-refractivity contribution in [2.45, 2.75) is 31.5 Å². The lowest BCUT2D eigenvalue weighted by molar-refractivity contribution is -0.141. The lowest BCUT2D eigenvalue weighted by Gasteiger charge is -2.36. The lowest BCUT2D eigenvalue weighted by Crippen LogP contribution is -2.45. The van der Waals surface area contributed by atoms with E-state index in [1.807, 2.05) is 0 Å². The third-order valence-corrected chi connectivity index (χ3v) is 4.53. The van der Waals surface area contributed by atoms with E-state index in [-0.39, 0.29) is 11.6 Å². The van der Waals surface area contributed by atoms with Crippen molar-refractivity contribution >= 4 is 0 Å². The largest absolute Gasteiger partial charge is 0.419 e. The van der Waals surface area contributed by atoms with Gasteiger partial charge in [-0.05, 0) is 24.0 Å². The van der Waals surface area contributed by atoms with Gasteiger partial charge in [-0.15, -0.1) is 0 Å². The smallest absolute Gasteiger partial charge is 0.314 e. The van der Waals surface area contributed by atoms with E-state index in [1.165, 1.54) is 12.1 Å². The van der Waals surface area contributed by atoms with E-state index in [4.69, 9.17) is 0 Å². The molecule has 0 bridgehead atoms. The van der Waals surface area contributed by atoms with Crippen LogP contribution in [0.25, 0.3) is 0 Å². The van der Waals surface area contributed by atoms with Gasteiger partial charge in [0.05, 0.1) is 5.56 Å². The minimum Gasteiger partial charge on any atom is -0.314 e. The van der Waals surface area contributed by atoms with Crippen LogP contribution in [0.2, 0.25) is 0 Å². The lowest BCUT2D eigenvalue weighted by atomic mass is 9.93. The normalized spacial score (nSPS) is 21.8. The van der Waals surface area contributed by atoms with Crippen LogP contribution in [0.1, 0.15) is 36.4 Å². The third-order valence-electron chi connectivity index (χ3n) is 4.53. The summed E-state index contributed by atoms with van der Waals surface area (Å²) in [7, 11) is 0. The predicted molar refractivity (Wildman–Crippen MR) is 75.9 cm³/mol. The van der Waals surface area contributed by atoms with Gasteiger partial charge in [-0.2, -0.15) is 13.2 Å². The standard InChI is InChI=1S/C16H20F4N2/c17-13-3-1-2-12(15(13)16(18,19)20)14(10-11-4-5-11)22-8-6-21-7-9-22/h1-3,11,14,21H,4-10H2/t14-/m0/s1. The summed E-state index contributed by atoms with van der Waals surface area (Å²) in [6, 6.07) is 3.39. The fourth-order valence-corrected chi connectivity index (χ4v) is 3.25. The summed E-state index contributed by atoms with van der Waals surface area (Å²) in [5.74, 6) is -0.690. The molecule has 22 heavy (non-hydrogen) atoms. The van der Waals surface area contributed by atoms with Gasteiger partial charge in [0.2, 0.25) is 0 Å². The fourth-order valence-electron chi connectivity index (χ4n) is 3.25. The fraction of sp³-hybridized carbons (Fsp3) is 0.625. The molecule has 1 heterocycles. The van der Waals surface area contributed by atoms with Crippen LogP contribution in [0.4, 0.5) is 17.6 Å². The molecule has 6 heteroatoms. The van der Waals surface area contributed by atoms with Crippen molar-refractivity contribution in [1.82, 2.24) is 10.2 Å². The highest BCUT2D eigenvalue weighted by molar-refractivity contribution is 5.34. The minimum atomic E-state index is -4.66. The number of alkyl halides is 3. The SMILES string of the molecule is Fc1cccc([C@H](CC2CC2)N2CCNCC2)c1C(F)(F)F. The first kappa shape index (κ1) is 15.7. The molecule has 1 N–H and O–H groups in total. The molecule has 0 amide bonds. The van der Waals surface area contributed by atoms with Crippen LogP contribution in [0.5, 0.6) is 0 Å². The molecule has 2 fully saturated rings. The second kappa shape index (κ2) is 6.16. The summed E-state index contributed by atoms with van der Waals surface area (Å²) in [6.07, 6.45) is -1.83. The summed E-state index contributed by atoms with van der Waals surface area (Å²) in [4.78, 5) is 2.07. The monoisotopic (exact) mass is 316 g/mol. The van der Waals surface area contributed by atoms with E-state index in [9.17, 15) is 17.6 Å². The molecule has 122 valence electrons. The van der Waals surface area contributed by atoms with Gasteiger partial charge < -0.3 is 5.32 Å². The zero-order valence-electron chi connectivity index (χ0n) is 12.3. The minimum absolute atomic E-state index is 0.0984. The average Bonchev–Trinajstić information content (AvgIpc) is 3.28. The highest BCUT2D eigenvalue weighted by Gasteiger charge is 2.41. The highest BCUT2D eigenvalue weighted by atomic mass is 19.4. The van der Waals surface area contributed by atoms with Crippen LogP contribution >= 0.6 is 0 Å². The third kappa shape index (κ3) is 3.43.